The molecule has 21 heavy (non-hydrogen) atoms. The summed E-state index contributed by atoms with van der Waals surface area (Å²) in [5.74, 6) is -2.16. The number of hydrogen-bond acceptors (Lipinski definition) is 6. The van der Waals surface area contributed by atoms with Crippen LogP contribution < -0.4 is 10.1 Å². The van der Waals surface area contributed by atoms with Crippen LogP contribution in [0.1, 0.15) is 20.8 Å². The van der Waals surface area contributed by atoms with Crippen LogP contribution >= 0.6 is 0 Å². The molecule has 0 saturated carbocycles. The van der Waals surface area contributed by atoms with Crippen LogP contribution in [0.4, 0.5) is 5.82 Å². The summed E-state index contributed by atoms with van der Waals surface area (Å²) in [6.45, 7) is 0. The van der Waals surface area contributed by atoms with Crippen molar-refractivity contribution >= 4 is 17.7 Å². The molecule has 1 heterocycles. The lowest BCUT2D eigenvalue weighted by molar-refractivity contribution is 0.0691. The largest absolute Gasteiger partial charge is 0.507 e. The van der Waals surface area contributed by atoms with E-state index in [0.29, 0.717) is 5.75 Å². The normalized spacial score (nSPS) is 9.95. The average Bonchev–Trinajstić information content (AvgIpc) is 2.48. The van der Waals surface area contributed by atoms with Gasteiger partial charge in [-0.2, -0.15) is 0 Å². The summed E-state index contributed by atoms with van der Waals surface area (Å²) in [4.78, 5) is 30.4. The van der Waals surface area contributed by atoms with Gasteiger partial charge in [-0.3, -0.25) is 4.79 Å². The van der Waals surface area contributed by atoms with Gasteiger partial charge in [-0.25, -0.2) is 14.8 Å². The summed E-state index contributed by atoms with van der Waals surface area (Å²) in [5, 5.41) is 20.9. The summed E-state index contributed by atoms with van der Waals surface area (Å²) in [7, 11) is 1.42. The minimum Gasteiger partial charge on any atom is -0.507 e. The number of aromatic nitrogens is 2. The zero-order valence-corrected chi connectivity index (χ0v) is 10.9. The van der Waals surface area contributed by atoms with E-state index in [1.54, 1.807) is 0 Å². The van der Waals surface area contributed by atoms with E-state index in [1.807, 2.05) is 0 Å². The summed E-state index contributed by atoms with van der Waals surface area (Å²) in [6, 6.07) is 4.10. The molecule has 8 nitrogen and oxygen atoms in total. The highest BCUT2D eigenvalue weighted by molar-refractivity contribution is 6.08. The highest BCUT2D eigenvalue weighted by Gasteiger charge is 2.18. The minimum absolute atomic E-state index is 0.0728. The van der Waals surface area contributed by atoms with Gasteiger partial charge in [0.15, 0.2) is 11.5 Å². The van der Waals surface area contributed by atoms with Crippen molar-refractivity contribution < 1.29 is 24.5 Å². The number of hydrogen-bond donors (Lipinski definition) is 3. The van der Waals surface area contributed by atoms with Crippen LogP contribution in [-0.4, -0.2) is 39.2 Å². The van der Waals surface area contributed by atoms with Crippen LogP contribution in [0.3, 0.4) is 0 Å². The van der Waals surface area contributed by atoms with Gasteiger partial charge >= 0.3 is 5.97 Å². The number of amides is 1. The molecule has 108 valence electrons. The molecule has 0 spiro atoms. The SMILES string of the molecule is COc1ccc(O)c(C(=O)Nc2nccnc2C(=O)O)c1. The Bertz CT molecular complexity index is 702. The molecule has 0 aliphatic carbocycles. The van der Waals surface area contributed by atoms with Gasteiger partial charge in [0, 0.05) is 12.4 Å². The fourth-order valence-corrected chi connectivity index (χ4v) is 1.58. The molecular formula is C13H11N3O5. The summed E-state index contributed by atoms with van der Waals surface area (Å²) in [6.07, 6.45) is 2.44. The van der Waals surface area contributed by atoms with E-state index in [9.17, 15) is 14.7 Å². The highest BCUT2D eigenvalue weighted by Crippen LogP contribution is 2.23. The molecule has 2 rings (SSSR count). The van der Waals surface area contributed by atoms with Crippen molar-refractivity contribution in [3.05, 3.63) is 41.9 Å². The molecule has 2 aromatic rings. The van der Waals surface area contributed by atoms with E-state index in [-0.39, 0.29) is 17.1 Å². The molecule has 0 unspecified atom stereocenters. The molecule has 0 fully saturated rings. The molecule has 0 radical (unpaired) electrons. The van der Waals surface area contributed by atoms with E-state index in [0.717, 1.165) is 0 Å². The Labute approximate surface area is 119 Å². The summed E-state index contributed by atoms with van der Waals surface area (Å²) < 4.78 is 4.96. The highest BCUT2D eigenvalue weighted by atomic mass is 16.5. The maximum atomic E-state index is 12.1. The van der Waals surface area contributed by atoms with Crippen molar-refractivity contribution in [3.8, 4) is 11.5 Å². The molecule has 1 amide bonds. The number of benzene rings is 1. The number of ether oxygens (including phenoxy) is 1. The smallest absolute Gasteiger partial charge is 0.358 e. The zero-order chi connectivity index (χ0) is 15.4. The second-order valence-corrected chi connectivity index (χ2v) is 3.90. The summed E-state index contributed by atoms with van der Waals surface area (Å²) in [5.41, 5.74) is -0.468. The van der Waals surface area contributed by atoms with E-state index in [4.69, 9.17) is 9.84 Å². The molecule has 0 atom stereocenters. The van der Waals surface area contributed by atoms with Gasteiger partial charge in [0.1, 0.15) is 11.5 Å². The van der Waals surface area contributed by atoms with Crippen LogP contribution in [0.5, 0.6) is 11.5 Å². The molecule has 1 aromatic heterocycles. The molecule has 0 aliphatic heterocycles. The van der Waals surface area contributed by atoms with Crippen LogP contribution in [0.25, 0.3) is 0 Å². The Kier molecular flexibility index (Phi) is 3.98. The number of methoxy groups -OCH3 is 1. The van der Waals surface area contributed by atoms with Crippen molar-refractivity contribution in [1.29, 1.82) is 0 Å². The van der Waals surface area contributed by atoms with E-state index < -0.39 is 17.6 Å². The van der Waals surface area contributed by atoms with E-state index in [2.05, 4.69) is 15.3 Å². The first kappa shape index (κ1) is 14.3. The molecule has 1 aromatic carbocycles. The summed E-state index contributed by atoms with van der Waals surface area (Å²) >= 11 is 0. The Morgan fingerprint density at radius 2 is 1.95 bits per heavy atom. The topological polar surface area (TPSA) is 122 Å². The lowest BCUT2D eigenvalue weighted by Crippen LogP contribution is -2.17. The number of nitrogens with zero attached hydrogens (tertiary/aromatic N) is 2. The Hall–Kier alpha value is -3.16. The Morgan fingerprint density at radius 1 is 1.24 bits per heavy atom. The number of aromatic carboxylic acids is 1. The Morgan fingerprint density at radius 3 is 2.62 bits per heavy atom. The quantitative estimate of drug-likeness (QED) is 0.771. The standard InChI is InChI=1S/C13H11N3O5/c1-21-7-2-3-9(17)8(6-7)12(18)16-11-10(13(19)20)14-4-5-15-11/h2-6,17H,1H3,(H,19,20)(H,15,16,18). The van der Waals surface area contributed by atoms with Crippen molar-refractivity contribution in [2.45, 2.75) is 0 Å². The van der Waals surface area contributed by atoms with Gasteiger partial charge in [-0.05, 0) is 18.2 Å². The monoisotopic (exact) mass is 289 g/mol. The number of aromatic hydroxyl groups is 1. The van der Waals surface area contributed by atoms with Gasteiger partial charge in [-0.15, -0.1) is 0 Å². The first-order chi connectivity index (χ1) is 10.0. The average molecular weight is 289 g/mol. The van der Waals surface area contributed by atoms with Gasteiger partial charge in [-0.1, -0.05) is 0 Å². The number of carbonyl (C=O) groups excluding carboxylic acids is 1. The van der Waals surface area contributed by atoms with Crippen LogP contribution in [0, 0.1) is 0 Å². The van der Waals surface area contributed by atoms with Gasteiger partial charge in [0.25, 0.3) is 5.91 Å². The van der Waals surface area contributed by atoms with Crippen LogP contribution in [0.15, 0.2) is 30.6 Å². The third kappa shape index (κ3) is 3.06. The number of carboxylic acid groups (broad SMARTS) is 1. The van der Waals surface area contributed by atoms with Gasteiger partial charge in [0.2, 0.25) is 0 Å². The van der Waals surface area contributed by atoms with Crippen molar-refractivity contribution in [1.82, 2.24) is 9.97 Å². The molecule has 8 heteroatoms. The minimum atomic E-state index is -1.33. The number of nitrogens with one attached hydrogen (secondary N) is 1. The third-order valence-corrected chi connectivity index (χ3v) is 2.58. The maximum Gasteiger partial charge on any atom is 0.358 e. The lowest BCUT2D eigenvalue weighted by Gasteiger charge is -2.09. The first-order valence-electron chi connectivity index (χ1n) is 5.75. The first-order valence-corrected chi connectivity index (χ1v) is 5.75. The predicted octanol–water partition coefficient (Wildman–Crippen LogP) is 1.14. The molecular weight excluding hydrogens is 278 g/mol. The fraction of sp³-hybridized carbons (Fsp3) is 0.0769. The van der Waals surface area contributed by atoms with Crippen molar-refractivity contribution in [2.24, 2.45) is 0 Å². The number of phenols is 1. The van der Waals surface area contributed by atoms with Crippen molar-refractivity contribution in [2.75, 3.05) is 12.4 Å². The predicted molar refractivity (Wildman–Crippen MR) is 71.6 cm³/mol. The van der Waals surface area contributed by atoms with Gasteiger partial charge in [0.05, 0.1) is 12.7 Å². The lowest BCUT2D eigenvalue weighted by atomic mass is 10.1. The maximum absolute atomic E-state index is 12.1. The van der Waals surface area contributed by atoms with Crippen LogP contribution in [-0.2, 0) is 0 Å². The van der Waals surface area contributed by atoms with Crippen molar-refractivity contribution in [3.63, 3.8) is 0 Å². The third-order valence-electron chi connectivity index (χ3n) is 2.58. The van der Waals surface area contributed by atoms with E-state index >= 15 is 0 Å². The Balaban J connectivity index is 2.33. The molecule has 0 saturated heterocycles. The van der Waals surface area contributed by atoms with Gasteiger partial charge < -0.3 is 20.3 Å². The molecule has 3 N–H and O–H groups in total. The second kappa shape index (κ2) is 5.87. The van der Waals surface area contributed by atoms with Crippen LogP contribution in [0.2, 0.25) is 0 Å². The number of anilines is 1. The fourth-order valence-electron chi connectivity index (χ4n) is 1.58. The second-order valence-electron chi connectivity index (χ2n) is 3.90. The molecule has 0 aliphatic rings. The zero-order valence-electron chi connectivity index (χ0n) is 10.9. The van der Waals surface area contributed by atoms with E-state index in [1.165, 1.54) is 37.7 Å². The number of carboxylic acids is 1. The number of rotatable bonds is 4. The molecule has 0 bridgehead atoms. The number of phenolic OH excluding ortho intramolecular Hbond substituents is 1. The number of carbonyl (C=O) groups is 2.